The Morgan fingerprint density at radius 3 is 1.09 bits per heavy atom. The molecule has 0 spiro atoms. The fourth-order valence-electron chi connectivity index (χ4n) is 5.57. The van der Waals surface area contributed by atoms with Crippen LogP contribution in [0.2, 0.25) is 13.1 Å². The van der Waals surface area contributed by atoms with E-state index in [2.05, 4.69) is 178 Å². The first kappa shape index (κ1) is 41.2. The van der Waals surface area contributed by atoms with Crippen molar-refractivity contribution in [2.24, 2.45) is 0 Å². The number of fused-ring (bicyclic) bond motifs is 2. The van der Waals surface area contributed by atoms with E-state index < -0.39 is 0 Å². The van der Waals surface area contributed by atoms with Gasteiger partial charge in [-0.15, -0.1) is 69.1 Å². The quantitative estimate of drug-likeness (QED) is 0.121. The van der Waals surface area contributed by atoms with Crippen molar-refractivity contribution < 1.29 is 25.8 Å². The average molecular weight is 789 g/mol. The van der Waals surface area contributed by atoms with Crippen molar-refractivity contribution >= 4 is 31.1 Å². The molecular formula is C44H54HfSi. The molecule has 6 aromatic rings. The Kier molecular flexibility index (Phi) is 15.6. The van der Waals surface area contributed by atoms with E-state index in [0.29, 0.717) is 0 Å². The van der Waals surface area contributed by atoms with Crippen molar-refractivity contribution in [2.45, 2.75) is 79.3 Å². The fraction of sp³-hybridized carbons (Fsp3) is 0.273. The van der Waals surface area contributed by atoms with Crippen molar-refractivity contribution in [2.75, 3.05) is 0 Å². The van der Waals surface area contributed by atoms with Gasteiger partial charge in [0.15, 0.2) is 0 Å². The third-order valence-electron chi connectivity index (χ3n) is 7.91. The predicted molar refractivity (Wildman–Crippen MR) is 207 cm³/mol. The van der Waals surface area contributed by atoms with Gasteiger partial charge in [0.05, 0.1) is 0 Å². The minimum absolute atomic E-state index is 0. The van der Waals surface area contributed by atoms with Crippen LogP contribution in [0.3, 0.4) is 0 Å². The molecule has 6 rings (SSSR count). The number of rotatable bonds is 2. The zero-order valence-electron chi connectivity index (χ0n) is 30.4. The summed E-state index contributed by atoms with van der Waals surface area (Å²) in [5, 5.41) is 5.38. The molecule has 0 bridgehead atoms. The van der Waals surface area contributed by atoms with Gasteiger partial charge in [-0.1, -0.05) is 140 Å². The van der Waals surface area contributed by atoms with Crippen molar-refractivity contribution in [3.8, 4) is 22.3 Å². The van der Waals surface area contributed by atoms with Crippen LogP contribution in [0.5, 0.6) is 0 Å². The van der Waals surface area contributed by atoms with Gasteiger partial charge in [-0.25, -0.2) is 0 Å². The van der Waals surface area contributed by atoms with Crippen LogP contribution in [0.15, 0.2) is 109 Å². The van der Waals surface area contributed by atoms with E-state index in [1.54, 1.807) is 0 Å². The van der Waals surface area contributed by atoms with E-state index >= 15 is 0 Å². The summed E-state index contributed by atoms with van der Waals surface area (Å²) < 4.78 is 0. The van der Waals surface area contributed by atoms with Gasteiger partial charge in [0.1, 0.15) is 0 Å². The summed E-state index contributed by atoms with van der Waals surface area (Å²) in [6.07, 6.45) is 0. The molecule has 0 aliphatic heterocycles. The Morgan fingerprint density at radius 1 is 0.500 bits per heavy atom. The summed E-state index contributed by atoms with van der Waals surface area (Å²) >= 11 is 0. The van der Waals surface area contributed by atoms with Gasteiger partial charge in [-0.3, -0.25) is 0 Å². The molecule has 0 amide bonds. The first-order valence-corrected chi connectivity index (χ1v) is 17.4. The third-order valence-corrected chi connectivity index (χ3v) is 7.91. The zero-order valence-corrected chi connectivity index (χ0v) is 35.0. The van der Waals surface area contributed by atoms with Crippen molar-refractivity contribution in [3.63, 3.8) is 0 Å². The Balaban J connectivity index is 0.000000400. The summed E-state index contributed by atoms with van der Waals surface area (Å²) in [4.78, 5) is 0. The zero-order chi connectivity index (χ0) is 31.4. The van der Waals surface area contributed by atoms with Gasteiger partial charge in [0, 0.05) is 9.52 Å². The van der Waals surface area contributed by atoms with Crippen molar-refractivity contribution in [1.29, 1.82) is 0 Å². The molecule has 2 radical (unpaired) electrons. The summed E-state index contributed by atoms with van der Waals surface area (Å²) in [5.41, 5.74) is 11.1. The number of benzene rings is 4. The maximum absolute atomic E-state index is 2.28. The summed E-state index contributed by atoms with van der Waals surface area (Å²) in [6.45, 7) is 22.1. The van der Waals surface area contributed by atoms with E-state index in [-0.39, 0.29) is 51.5 Å². The van der Waals surface area contributed by atoms with Crippen LogP contribution < -0.4 is 0 Å². The molecule has 6 aromatic carbocycles. The largest absolute Gasteiger partial charge is 4.00 e. The average Bonchev–Trinajstić information content (AvgIpc) is 3.53. The van der Waals surface area contributed by atoms with Crippen LogP contribution in [0.1, 0.15) is 63.8 Å². The second kappa shape index (κ2) is 17.4. The molecule has 0 N–H and O–H groups in total. The maximum atomic E-state index is 2.28. The molecule has 0 nitrogen and oxygen atoms in total. The van der Waals surface area contributed by atoms with Crippen LogP contribution in [-0.4, -0.2) is 9.52 Å². The van der Waals surface area contributed by atoms with Crippen LogP contribution in [-0.2, 0) is 36.7 Å². The van der Waals surface area contributed by atoms with Gasteiger partial charge >= 0.3 is 25.8 Å². The molecular weight excluding hydrogens is 735 g/mol. The predicted octanol–water partition coefficient (Wildman–Crippen LogP) is 13.3. The molecule has 0 aliphatic carbocycles. The van der Waals surface area contributed by atoms with E-state index in [1.165, 1.54) is 66.1 Å². The van der Waals surface area contributed by atoms with Gasteiger partial charge in [0.25, 0.3) is 0 Å². The molecule has 2 heteroatoms. The number of aryl methyl sites for hydroxylation is 2. The Labute approximate surface area is 303 Å². The maximum Gasteiger partial charge on any atom is 4.00 e. The second-order valence-corrected chi connectivity index (χ2v) is 14.8. The van der Waals surface area contributed by atoms with Crippen molar-refractivity contribution in [1.82, 2.24) is 0 Å². The number of hydrogen-bond acceptors (Lipinski definition) is 0. The van der Waals surface area contributed by atoms with E-state index in [9.17, 15) is 0 Å². The van der Waals surface area contributed by atoms with Crippen LogP contribution in [0, 0.1) is 28.7 Å². The SMILES string of the molecule is C[Si]C.Cc1cc2c(-c3ccc(C(C)(C)C)cc3)cccc2[cH-]1.Cc1cc2c(-c3ccc(C(C)(C)C)cc3)cccc2[cH-]1.[CH3-].[CH3-].[Hf+4]. The van der Waals surface area contributed by atoms with Crippen LogP contribution in [0.4, 0.5) is 0 Å². The van der Waals surface area contributed by atoms with E-state index in [0.717, 1.165) is 9.52 Å². The molecule has 0 aliphatic rings. The fourth-order valence-corrected chi connectivity index (χ4v) is 5.57. The van der Waals surface area contributed by atoms with Gasteiger partial charge in [0.2, 0.25) is 0 Å². The monoisotopic (exact) mass is 790 g/mol. The Morgan fingerprint density at radius 2 is 0.804 bits per heavy atom. The van der Waals surface area contributed by atoms with Gasteiger partial charge in [-0.2, -0.15) is 12.1 Å². The minimum atomic E-state index is 0. The molecule has 0 aromatic heterocycles. The standard InChI is InChI=1S/2C20H21.C2H6Si.2CH3.Hf/c2*1-14-12-16-6-5-7-18(19(16)13-14)15-8-10-17(11-9-15)20(2,3)4;1-3-2;;;/h2*5-13H,1-4H3;1-2H3;2*1H3;/q2*-1;;2*-1;+4. The normalized spacial score (nSPS) is 10.8. The molecule has 0 saturated heterocycles. The Hall–Kier alpha value is -2.81. The molecule has 0 heterocycles. The molecule has 46 heavy (non-hydrogen) atoms. The van der Waals surface area contributed by atoms with Crippen LogP contribution >= 0.6 is 0 Å². The summed E-state index contributed by atoms with van der Waals surface area (Å²) in [7, 11) is 1.08. The molecule has 0 fully saturated rings. The molecule has 238 valence electrons. The topological polar surface area (TPSA) is 0 Å². The van der Waals surface area contributed by atoms with Gasteiger partial charge in [-0.05, 0) is 33.1 Å². The molecule has 0 atom stereocenters. The first-order chi connectivity index (χ1) is 20.3. The minimum Gasteiger partial charge on any atom is -0.358 e. The third kappa shape index (κ3) is 10.1. The smallest absolute Gasteiger partial charge is 0.358 e. The van der Waals surface area contributed by atoms with E-state index in [4.69, 9.17) is 0 Å². The van der Waals surface area contributed by atoms with Crippen molar-refractivity contribution in [3.05, 3.63) is 146 Å². The number of hydrogen-bond donors (Lipinski definition) is 0. The molecule has 0 saturated carbocycles. The van der Waals surface area contributed by atoms with E-state index in [1.807, 2.05) is 0 Å². The summed E-state index contributed by atoms with van der Waals surface area (Å²) in [5.74, 6) is 0. The van der Waals surface area contributed by atoms with Gasteiger partial charge < -0.3 is 14.9 Å². The Bertz CT molecular complexity index is 1630. The van der Waals surface area contributed by atoms with Crippen LogP contribution in [0.25, 0.3) is 43.8 Å². The second-order valence-electron chi connectivity index (χ2n) is 13.8. The summed E-state index contributed by atoms with van der Waals surface area (Å²) in [6, 6.07) is 40.2. The first-order valence-electron chi connectivity index (χ1n) is 15.4. The molecule has 0 unspecified atom stereocenters.